The molecule has 39 heavy (non-hydrogen) atoms. The number of aromatic nitrogens is 2. The Morgan fingerprint density at radius 1 is 0.744 bits per heavy atom. The maximum absolute atomic E-state index is 5.14. The van der Waals surface area contributed by atoms with Crippen LogP contribution in [0.1, 0.15) is 36.6 Å². The minimum atomic E-state index is 0.941. The smallest absolute Gasteiger partial charge is 0.138 e. The molecule has 1 aliphatic heterocycles. The van der Waals surface area contributed by atoms with Gasteiger partial charge in [-0.3, -0.25) is 4.90 Å². The van der Waals surface area contributed by atoms with Crippen molar-refractivity contribution in [2.45, 2.75) is 19.8 Å². The van der Waals surface area contributed by atoms with Crippen LogP contribution in [0.4, 0.5) is 5.82 Å². The number of rotatable bonds is 4. The maximum Gasteiger partial charge on any atom is 0.138 e. The van der Waals surface area contributed by atoms with E-state index >= 15 is 0 Å². The van der Waals surface area contributed by atoms with Crippen LogP contribution in [0.3, 0.4) is 0 Å². The molecule has 0 N–H and O–H groups in total. The highest BCUT2D eigenvalue weighted by atomic mass is 15.2. The topological polar surface area (TPSA) is 21.1 Å². The molecule has 0 fully saturated rings. The fourth-order valence-electron chi connectivity index (χ4n) is 5.82. The first-order valence-electron chi connectivity index (χ1n) is 13.5. The van der Waals surface area contributed by atoms with E-state index < -0.39 is 0 Å². The molecule has 2 aromatic heterocycles. The van der Waals surface area contributed by atoms with Crippen LogP contribution >= 0.6 is 0 Å². The molecule has 7 rings (SSSR count). The SMILES string of the molecule is CC1=C(/C=C\c2cccn2-c2ccccc2)c2ccccc2C2=C(C=CCC2)N1c1ccc2ccccc2n1. The molecular weight excluding hydrogens is 474 g/mol. The van der Waals surface area contributed by atoms with Crippen molar-refractivity contribution in [1.29, 1.82) is 0 Å². The molecule has 0 unspecified atom stereocenters. The number of nitrogens with zero attached hydrogens (tertiary/aromatic N) is 3. The van der Waals surface area contributed by atoms with E-state index in [1.807, 2.05) is 0 Å². The molecule has 1 aliphatic carbocycles. The van der Waals surface area contributed by atoms with E-state index in [4.69, 9.17) is 4.98 Å². The molecule has 0 amide bonds. The van der Waals surface area contributed by atoms with E-state index in [2.05, 4.69) is 150 Å². The Morgan fingerprint density at radius 3 is 2.44 bits per heavy atom. The van der Waals surface area contributed by atoms with Crippen LogP contribution < -0.4 is 4.90 Å². The van der Waals surface area contributed by atoms with Crippen molar-refractivity contribution < 1.29 is 0 Å². The van der Waals surface area contributed by atoms with Crippen LogP contribution in [-0.2, 0) is 0 Å². The second-order valence-electron chi connectivity index (χ2n) is 10.0. The van der Waals surface area contributed by atoms with Crippen molar-refractivity contribution in [2.75, 3.05) is 4.90 Å². The van der Waals surface area contributed by atoms with Gasteiger partial charge < -0.3 is 4.57 Å². The van der Waals surface area contributed by atoms with Crippen LogP contribution in [0, 0.1) is 0 Å². The van der Waals surface area contributed by atoms with Crippen molar-refractivity contribution in [3.8, 4) is 5.69 Å². The summed E-state index contributed by atoms with van der Waals surface area (Å²) in [6, 6.07) is 36.3. The summed E-state index contributed by atoms with van der Waals surface area (Å²) in [5.41, 5.74) is 10.8. The molecule has 5 aromatic rings. The van der Waals surface area contributed by atoms with Crippen molar-refractivity contribution in [3.63, 3.8) is 0 Å². The van der Waals surface area contributed by atoms with E-state index in [0.717, 1.165) is 46.6 Å². The first kappa shape index (κ1) is 23.2. The van der Waals surface area contributed by atoms with Crippen LogP contribution in [0.5, 0.6) is 0 Å². The van der Waals surface area contributed by atoms with Gasteiger partial charge in [-0.15, -0.1) is 0 Å². The lowest BCUT2D eigenvalue weighted by Gasteiger charge is -2.29. The third-order valence-electron chi connectivity index (χ3n) is 7.70. The van der Waals surface area contributed by atoms with Crippen molar-refractivity contribution in [2.24, 2.45) is 0 Å². The molecule has 0 saturated heterocycles. The Bertz CT molecular complexity index is 1810. The molecule has 0 saturated carbocycles. The minimum absolute atomic E-state index is 0.941. The van der Waals surface area contributed by atoms with Gasteiger partial charge in [0.1, 0.15) is 5.82 Å². The summed E-state index contributed by atoms with van der Waals surface area (Å²) in [6.45, 7) is 2.22. The van der Waals surface area contributed by atoms with Gasteiger partial charge >= 0.3 is 0 Å². The van der Waals surface area contributed by atoms with Crippen molar-refractivity contribution >= 4 is 33.9 Å². The van der Waals surface area contributed by atoms with Gasteiger partial charge in [0, 0.05) is 34.2 Å². The highest BCUT2D eigenvalue weighted by Crippen LogP contribution is 2.43. The molecule has 0 spiro atoms. The van der Waals surface area contributed by atoms with Crippen molar-refractivity contribution in [3.05, 3.63) is 156 Å². The first-order valence-corrected chi connectivity index (χ1v) is 13.5. The zero-order valence-corrected chi connectivity index (χ0v) is 22.0. The summed E-state index contributed by atoms with van der Waals surface area (Å²) >= 11 is 0. The van der Waals surface area contributed by atoms with Gasteiger partial charge in [0.25, 0.3) is 0 Å². The van der Waals surface area contributed by atoms with Gasteiger partial charge in [-0.2, -0.15) is 0 Å². The summed E-state index contributed by atoms with van der Waals surface area (Å²) in [7, 11) is 0. The predicted molar refractivity (Wildman–Crippen MR) is 163 cm³/mol. The number of allylic oxidation sites excluding steroid dienone is 6. The predicted octanol–water partition coefficient (Wildman–Crippen LogP) is 9.05. The Hall–Kier alpha value is -4.89. The van der Waals surface area contributed by atoms with Crippen LogP contribution in [0.25, 0.3) is 33.8 Å². The number of benzene rings is 3. The van der Waals surface area contributed by atoms with Gasteiger partial charge in [-0.05, 0) is 91.1 Å². The third kappa shape index (κ3) is 4.13. The normalized spacial score (nSPS) is 15.2. The largest absolute Gasteiger partial charge is 0.317 e. The van der Waals surface area contributed by atoms with Crippen molar-refractivity contribution in [1.82, 2.24) is 9.55 Å². The standard InChI is InChI=1S/C36H29N3/c1-26-30(23-22-29-15-11-25-38(29)28-13-3-2-4-14-28)31-16-6-7-17-32(31)33-18-8-10-20-35(33)39(26)36-24-21-27-12-5-9-19-34(27)37-36/h2-7,9-17,19-25H,8,18H2,1H3/b23-22-. The number of pyridine rings is 1. The molecule has 0 bridgehead atoms. The molecule has 188 valence electrons. The molecule has 3 heteroatoms. The lowest BCUT2D eigenvalue weighted by Crippen LogP contribution is -2.22. The summed E-state index contributed by atoms with van der Waals surface area (Å²) in [5.74, 6) is 0.941. The Balaban J connectivity index is 1.43. The Morgan fingerprint density at radius 2 is 1.54 bits per heavy atom. The molecule has 2 aliphatic rings. The zero-order valence-electron chi connectivity index (χ0n) is 22.0. The van der Waals surface area contributed by atoms with E-state index in [0.29, 0.717) is 0 Å². The summed E-state index contributed by atoms with van der Waals surface area (Å²) in [6.07, 6.45) is 13.2. The monoisotopic (exact) mass is 503 g/mol. The number of hydrogen-bond donors (Lipinski definition) is 0. The van der Waals surface area contributed by atoms with E-state index in [1.165, 1.54) is 28.0 Å². The average molecular weight is 504 g/mol. The molecule has 0 atom stereocenters. The van der Waals surface area contributed by atoms with Crippen LogP contribution in [0.2, 0.25) is 0 Å². The first-order chi connectivity index (χ1) is 19.3. The second-order valence-corrected chi connectivity index (χ2v) is 10.0. The highest BCUT2D eigenvalue weighted by molar-refractivity contribution is 5.95. The molecule has 3 aromatic carbocycles. The van der Waals surface area contributed by atoms with Gasteiger partial charge in [0.05, 0.1) is 11.2 Å². The Labute approximate surface area is 229 Å². The highest BCUT2D eigenvalue weighted by Gasteiger charge is 2.27. The fourth-order valence-corrected chi connectivity index (χ4v) is 5.82. The van der Waals surface area contributed by atoms with Gasteiger partial charge in [-0.1, -0.05) is 72.8 Å². The van der Waals surface area contributed by atoms with E-state index in [-0.39, 0.29) is 0 Å². The second kappa shape index (κ2) is 9.77. The van der Waals surface area contributed by atoms with Crippen LogP contribution in [0.15, 0.2) is 139 Å². The fraction of sp³-hybridized carbons (Fsp3) is 0.0833. The van der Waals surface area contributed by atoms with E-state index in [9.17, 15) is 0 Å². The van der Waals surface area contributed by atoms with Gasteiger partial charge in [-0.25, -0.2) is 4.98 Å². The zero-order chi connectivity index (χ0) is 26.2. The number of para-hydroxylation sites is 2. The average Bonchev–Trinajstić information content (AvgIpc) is 3.43. The number of fused-ring (bicyclic) bond motifs is 3. The lowest BCUT2D eigenvalue weighted by molar-refractivity contribution is 0.993. The minimum Gasteiger partial charge on any atom is -0.317 e. The molecule has 3 heterocycles. The number of anilines is 1. The molecule has 0 radical (unpaired) electrons. The summed E-state index contributed by atoms with van der Waals surface area (Å²) in [5, 5.41) is 1.15. The van der Waals surface area contributed by atoms with Gasteiger partial charge in [0.2, 0.25) is 0 Å². The third-order valence-corrected chi connectivity index (χ3v) is 7.70. The molecular formula is C36H29N3. The van der Waals surface area contributed by atoms with Gasteiger partial charge in [0.15, 0.2) is 0 Å². The summed E-state index contributed by atoms with van der Waals surface area (Å²) in [4.78, 5) is 7.49. The van der Waals surface area contributed by atoms with E-state index in [1.54, 1.807) is 0 Å². The summed E-state index contributed by atoms with van der Waals surface area (Å²) < 4.78 is 2.23. The molecule has 3 nitrogen and oxygen atoms in total. The van der Waals surface area contributed by atoms with Crippen LogP contribution in [-0.4, -0.2) is 9.55 Å². The maximum atomic E-state index is 5.14. The Kier molecular flexibility index (Phi) is 5.82. The quantitative estimate of drug-likeness (QED) is 0.244. The number of hydrogen-bond acceptors (Lipinski definition) is 2. The lowest BCUT2D eigenvalue weighted by atomic mass is 9.89.